The lowest BCUT2D eigenvalue weighted by Crippen LogP contribution is -2.43. The summed E-state index contributed by atoms with van der Waals surface area (Å²) in [6, 6.07) is 1.68. The molecule has 0 aliphatic carbocycles. The molecule has 0 N–H and O–H groups in total. The minimum atomic E-state index is -0.129. The highest BCUT2D eigenvalue weighted by Gasteiger charge is 2.34. The molecule has 0 radical (unpaired) electrons. The molecule has 1 aliphatic heterocycles. The van der Waals surface area contributed by atoms with Gasteiger partial charge in [-0.05, 0) is 39.3 Å². The van der Waals surface area contributed by atoms with Gasteiger partial charge < -0.3 is 14.1 Å². The third-order valence-corrected chi connectivity index (χ3v) is 4.66. The molecule has 2 aromatic rings. The van der Waals surface area contributed by atoms with Crippen molar-refractivity contribution in [3.63, 3.8) is 0 Å². The van der Waals surface area contributed by atoms with E-state index in [0.29, 0.717) is 25.5 Å². The molecule has 6 nitrogen and oxygen atoms in total. The van der Waals surface area contributed by atoms with Crippen molar-refractivity contribution in [1.29, 1.82) is 0 Å². The number of furan rings is 1. The minimum absolute atomic E-state index is 0.0860. The Morgan fingerprint density at radius 3 is 2.61 bits per heavy atom. The van der Waals surface area contributed by atoms with Gasteiger partial charge in [0, 0.05) is 24.8 Å². The number of aryl methyl sites for hydroxylation is 4. The number of hydrogen-bond acceptors (Lipinski definition) is 4. The number of carbonyl (C=O) groups excluding carboxylic acids is 1. The molecule has 0 saturated carbocycles. The fraction of sp³-hybridized carbons (Fsp3) is 0.529. The molecule has 1 aliphatic rings. The average molecular weight is 317 g/mol. The summed E-state index contributed by atoms with van der Waals surface area (Å²) in [5, 5.41) is 4.47. The quantitative estimate of drug-likeness (QED) is 0.853. The van der Waals surface area contributed by atoms with E-state index in [1.165, 1.54) is 0 Å². The van der Waals surface area contributed by atoms with E-state index in [2.05, 4.69) is 5.10 Å². The van der Waals surface area contributed by atoms with Crippen molar-refractivity contribution in [2.24, 2.45) is 7.05 Å². The first-order chi connectivity index (χ1) is 10.9. The summed E-state index contributed by atoms with van der Waals surface area (Å²) in [4.78, 5) is 14.8. The maximum atomic E-state index is 12.9. The van der Waals surface area contributed by atoms with Gasteiger partial charge in [-0.15, -0.1) is 0 Å². The normalized spacial score (nSPS) is 18.5. The number of carbonyl (C=O) groups is 1. The van der Waals surface area contributed by atoms with Crippen LogP contribution in [0.5, 0.6) is 0 Å². The fourth-order valence-corrected chi connectivity index (χ4v) is 3.18. The lowest BCUT2D eigenvalue weighted by Gasteiger charge is -2.35. The Kier molecular flexibility index (Phi) is 4.02. The van der Waals surface area contributed by atoms with Crippen LogP contribution in [0, 0.1) is 27.7 Å². The topological polar surface area (TPSA) is 60.5 Å². The molecule has 6 heteroatoms. The molecule has 0 aromatic carbocycles. The summed E-state index contributed by atoms with van der Waals surface area (Å²) < 4.78 is 13.1. The predicted octanol–water partition coefficient (Wildman–Crippen LogP) is 2.46. The smallest absolute Gasteiger partial charge is 0.290 e. The van der Waals surface area contributed by atoms with Crippen LogP contribution in [0.15, 0.2) is 10.5 Å². The highest BCUT2D eigenvalue weighted by Crippen LogP contribution is 2.31. The van der Waals surface area contributed by atoms with Crippen molar-refractivity contribution in [1.82, 2.24) is 14.7 Å². The Labute approximate surface area is 136 Å². The molecule has 1 fully saturated rings. The van der Waals surface area contributed by atoms with Crippen LogP contribution in [0.3, 0.4) is 0 Å². The maximum absolute atomic E-state index is 12.9. The SMILES string of the molecule is Cc1cc(C(=O)N2CCOC[C@H]2c2c(C)nn(C)c2C)oc1C. The van der Waals surface area contributed by atoms with E-state index < -0.39 is 0 Å². The number of hydrogen-bond donors (Lipinski definition) is 0. The number of aromatic nitrogens is 2. The summed E-state index contributed by atoms with van der Waals surface area (Å²) in [5.74, 6) is 1.09. The predicted molar refractivity (Wildman–Crippen MR) is 85.5 cm³/mol. The molecule has 3 heterocycles. The fourth-order valence-electron chi connectivity index (χ4n) is 3.18. The van der Waals surface area contributed by atoms with Crippen molar-refractivity contribution in [2.75, 3.05) is 19.8 Å². The first kappa shape index (κ1) is 15.8. The molecular formula is C17H23N3O3. The molecule has 124 valence electrons. The van der Waals surface area contributed by atoms with E-state index in [-0.39, 0.29) is 11.9 Å². The van der Waals surface area contributed by atoms with E-state index in [9.17, 15) is 4.79 Å². The van der Waals surface area contributed by atoms with Crippen LogP contribution in [0.1, 0.15) is 44.9 Å². The van der Waals surface area contributed by atoms with Gasteiger partial charge in [0.2, 0.25) is 0 Å². The van der Waals surface area contributed by atoms with Crippen LogP contribution < -0.4 is 0 Å². The monoisotopic (exact) mass is 317 g/mol. The summed E-state index contributed by atoms with van der Waals surface area (Å²) in [6.45, 7) is 9.39. The highest BCUT2D eigenvalue weighted by molar-refractivity contribution is 5.92. The van der Waals surface area contributed by atoms with E-state index >= 15 is 0 Å². The van der Waals surface area contributed by atoms with Crippen LogP contribution in [-0.4, -0.2) is 40.3 Å². The van der Waals surface area contributed by atoms with Crippen molar-refractivity contribution in [3.05, 3.63) is 40.1 Å². The Hall–Kier alpha value is -2.08. The van der Waals surface area contributed by atoms with Gasteiger partial charge in [0.25, 0.3) is 5.91 Å². The first-order valence-corrected chi connectivity index (χ1v) is 7.86. The first-order valence-electron chi connectivity index (χ1n) is 7.86. The van der Waals surface area contributed by atoms with Gasteiger partial charge in [-0.1, -0.05) is 0 Å². The van der Waals surface area contributed by atoms with Crippen LogP contribution >= 0.6 is 0 Å². The summed E-state index contributed by atoms with van der Waals surface area (Å²) in [6.07, 6.45) is 0. The number of morpholine rings is 1. The van der Waals surface area contributed by atoms with Gasteiger partial charge in [-0.3, -0.25) is 9.48 Å². The Morgan fingerprint density at radius 1 is 1.30 bits per heavy atom. The molecule has 3 rings (SSSR count). The largest absolute Gasteiger partial charge is 0.456 e. The van der Waals surface area contributed by atoms with Gasteiger partial charge in [-0.2, -0.15) is 5.10 Å². The molecule has 1 atom stereocenters. The Bertz CT molecular complexity index is 725. The van der Waals surface area contributed by atoms with Gasteiger partial charge in [0.05, 0.1) is 24.9 Å². The lowest BCUT2D eigenvalue weighted by atomic mass is 10.0. The van der Waals surface area contributed by atoms with Crippen molar-refractivity contribution < 1.29 is 13.9 Å². The standard InChI is InChI=1S/C17H23N3O3/c1-10-8-15(23-13(10)4)17(21)20-6-7-22-9-14(20)16-11(2)18-19(5)12(16)3/h8,14H,6-7,9H2,1-5H3/t14-/m0/s1. The van der Waals surface area contributed by atoms with E-state index in [4.69, 9.17) is 9.15 Å². The van der Waals surface area contributed by atoms with Gasteiger partial charge >= 0.3 is 0 Å². The molecule has 0 spiro atoms. The second-order valence-electron chi connectivity index (χ2n) is 6.15. The van der Waals surface area contributed by atoms with Crippen LogP contribution in [0.25, 0.3) is 0 Å². The zero-order chi connectivity index (χ0) is 16.7. The zero-order valence-corrected chi connectivity index (χ0v) is 14.3. The third-order valence-electron chi connectivity index (χ3n) is 4.66. The molecule has 1 saturated heterocycles. The minimum Gasteiger partial charge on any atom is -0.456 e. The summed E-state index contributed by atoms with van der Waals surface area (Å²) in [5.41, 5.74) is 4.06. The van der Waals surface area contributed by atoms with Crippen LogP contribution in [0.2, 0.25) is 0 Å². The highest BCUT2D eigenvalue weighted by atomic mass is 16.5. The Balaban J connectivity index is 1.97. The second kappa shape index (κ2) is 5.85. The van der Waals surface area contributed by atoms with E-state index in [1.54, 1.807) is 0 Å². The summed E-state index contributed by atoms with van der Waals surface area (Å²) in [7, 11) is 1.92. The molecule has 0 bridgehead atoms. The number of rotatable bonds is 2. The van der Waals surface area contributed by atoms with Gasteiger partial charge in [-0.25, -0.2) is 0 Å². The summed E-state index contributed by atoms with van der Waals surface area (Å²) >= 11 is 0. The molecular weight excluding hydrogens is 294 g/mol. The molecule has 2 aromatic heterocycles. The van der Waals surface area contributed by atoms with E-state index in [1.807, 2.05) is 50.4 Å². The molecule has 23 heavy (non-hydrogen) atoms. The number of ether oxygens (including phenoxy) is 1. The average Bonchev–Trinajstić information content (AvgIpc) is 2.98. The van der Waals surface area contributed by atoms with Crippen molar-refractivity contribution in [2.45, 2.75) is 33.7 Å². The Morgan fingerprint density at radius 2 is 2.04 bits per heavy atom. The van der Waals surface area contributed by atoms with Crippen LogP contribution in [0.4, 0.5) is 0 Å². The van der Waals surface area contributed by atoms with Crippen molar-refractivity contribution in [3.8, 4) is 0 Å². The lowest BCUT2D eigenvalue weighted by molar-refractivity contribution is -0.00465. The third kappa shape index (κ3) is 2.67. The van der Waals surface area contributed by atoms with Gasteiger partial charge in [0.15, 0.2) is 5.76 Å². The number of nitrogens with zero attached hydrogens (tertiary/aromatic N) is 3. The van der Waals surface area contributed by atoms with E-state index in [0.717, 1.165) is 28.3 Å². The van der Waals surface area contributed by atoms with Crippen molar-refractivity contribution >= 4 is 5.91 Å². The zero-order valence-electron chi connectivity index (χ0n) is 14.3. The van der Waals surface area contributed by atoms with Crippen LogP contribution in [-0.2, 0) is 11.8 Å². The molecule has 0 unspecified atom stereocenters. The van der Waals surface area contributed by atoms with Gasteiger partial charge in [0.1, 0.15) is 5.76 Å². The molecule has 1 amide bonds. The maximum Gasteiger partial charge on any atom is 0.290 e. The number of amides is 1. The second-order valence-corrected chi connectivity index (χ2v) is 6.15.